The van der Waals surface area contributed by atoms with Crippen LogP contribution in [0.1, 0.15) is 12.5 Å². The summed E-state index contributed by atoms with van der Waals surface area (Å²) in [5.41, 5.74) is 3.38. The van der Waals surface area contributed by atoms with Crippen LogP contribution in [0, 0.1) is 0 Å². The maximum Gasteiger partial charge on any atom is 0.186 e. The molecule has 0 aliphatic rings. The summed E-state index contributed by atoms with van der Waals surface area (Å²) in [6, 6.07) is 3.41. The van der Waals surface area contributed by atoms with Gasteiger partial charge in [0.05, 0.1) is 25.5 Å². The molecule has 0 radical (unpaired) electrons. The van der Waals surface area contributed by atoms with Gasteiger partial charge in [-0.15, -0.1) is 0 Å². The Labute approximate surface area is 122 Å². The third-order valence-electron chi connectivity index (χ3n) is 2.21. The normalized spacial score (nSPS) is 10.3. The summed E-state index contributed by atoms with van der Waals surface area (Å²) < 4.78 is 10.3. The largest absolute Gasteiger partial charge is 0.493 e. The summed E-state index contributed by atoms with van der Waals surface area (Å²) in [6.45, 7) is 2.68. The van der Waals surface area contributed by atoms with E-state index < -0.39 is 0 Å². The minimum absolute atomic E-state index is 0.454. The molecular weight excluding hydrogens is 286 g/mol. The van der Waals surface area contributed by atoms with Crippen LogP contribution >= 0.6 is 23.8 Å². The Morgan fingerprint density at radius 3 is 2.58 bits per heavy atom. The van der Waals surface area contributed by atoms with Crippen LogP contribution in [0.2, 0.25) is 5.02 Å². The summed E-state index contributed by atoms with van der Waals surface area (Å²) in [6.07, 6.45) is 1.56. The number of hydrogen-bond donors (Lipinski definition) is 2. The molecule has 2 N–H and O–H groups in total. The molecule has 0 bridgehead atoms. The highest BCUT2D eigenvalue weighted by atomic mass is 35.5. The molecule has 0 heterocycles. The lowest BCUT2D eigenvalue weighted by molar-refractivity contribution is 0.355. The second kappa shape index (κ2) is 7.81. The lowest BCUT2D eigenvalue weighted by Crippen LogP contribution is -2.31. The first-order valence-electron chi connectivity index (χ1n) is 5.60. The van der Waals surface area contributed by atoms with Crippen LogP contribution in [-0.4, -0.2) is 32.1 Å². The summed E-state index contributed by atoms with van der Waals surface area (Å²) in [7, 11) is 3.11. The van der Waals surface area contributed by atoms with E-state index in [1.807, 2.05) is 6.92 Å². The number of hydrogen-bond acceptors (Lipinski definition) is 4. The maximum absolute atomic E-state index is 6.11. The first-order valence-corrected chi connectivity index (χ1v) is 6.39. The van der Waals surface area contributed by atoms with Gasteiger partial charge in [0.15, 0.2) is 16.6 Å². The Bertz CT molecular complexity index is 480. The van der Waals surface area contributed by atoms with Gasteiger partial charge in [-0.2, -0.15) is 5.10 Å². The first kappa shape index (κ1) is 15.5. The number of ether oxygens (including phenoxy) is 2. The quantitative estimate of drug-likeness (QED) is 0.496. The third kappa shape index (κ3) is 4.57. The molecule has 0 atom stereocenters. The molecule has 5 nitrogen and oxygen atoms in total. The molecule has 0 saturated heterocycles. The van der Waals surface area contributed by atoms with Gasteiger partial charge >= 0.3 is 0 Å². The van der Waals surface area contributed by atoms with Crippen LogP contribution in [-0.2, 0) is 0 Å². The van der Waals surface area contributed by atoms with Crippen molar-refractivity contribution in [2.24, 2.45) is 5.10 Å². The van der Waals surface area contributed by atoms with E-state index in [2.05, 4.69) is 15.8 Å². The SMILES string of the molecule is CCNC(=S)NN=Cc1cc(OC)c(OC)cc1Cl. The summed E-state index contributed by atoms with van der Waals surface area (Å²) in [5, 5.41) is 7.87. The highest BCUT2D eigenvalue weighted by molar-refractivity contribution is 7.80. The monoisotopic (exact) mass is 301 g/mol. The molecule has 0 aromatic heterocycles. The van der Waals surface area contributed by atoms with Crippen LogP contribution in [0.5, 0.6) is 11.5 Å². The highest BCUT2D eigenvalue weighted by Gasteiger charge is 2.08. The molecule has 7 heteroatoms. The summed E-state index contributed by atoms with van der Waals surface area (Å²) in [5.74, 6) is 1.16. The minimum Gasteiger partial charge on any atom is -0.493 e. The Kier molecular flexibility index (Phi) is 6.38. The Morgan fingerprint density at radius 1 is 1.37 bits per heavy atom. The lowest BCUT2D eigenvalue weighted by Gasteiger charge is -2.09. The van der Waals surface area contributed by atoms with E-state index in [1.165, 1.54) is 0 Å². The van der Waals surface area contributed by atoms with Crippen molar-refractivity contribution >= 4 is 35.1 Å². The fourth-order valence-corrected chi connectivity index (χ4v) is 1.73. The zero-order valence-electron chi connectivity index (χ0n) is 11.0. The molecule has 19 heavy (non-hydrogen) atoms. The van der Waals surface area contributed by atoms with E-state index in [-0.39, 0.29) is 0 Å². The highest BCUT2D eigenvalue weighted by Crippen LogP contribution is 2.32. The minimum atomic E-state index is 0.454. The van der Waals surface area contributed by atoms with E-state index in [1.54, 1.807) is 32.6 Å². The van der Waals surface area contributed by atoms with E-state index in [0.29, 0.717) is 27.2 Å². The van der Waals surface area contributed by atoms with E-state index in [4.69, 9.17) is 33.3 Å². The second-order valence-electron chi connectivity index (χ2n) is 3.46. The number of nitrogens with one attached hydrogen (secondary N) is 2. The van der Waals surface area contributed by atoms with Crippen molar-refractivity contribution in [2.75, 3.05) is 20.8 Å². The predicted molar refractivity (Wildman–Crippen MR) is 81.6 cm³/mol. The van der Waals surface area contributed by atoms with E-state index in [9.17, 15) is 0 Å². The van der Waals surface area contributed by atoms with Crippen molar-refractivity contribution in [1.82, 2.24) is 10.7 Å². The van der Waals surface area contributed by atoms with Crippen molar-refractivity contribution < 1.29 is 9.47 Å². The van der Waals surface area contributed by atoms with Gasteiger partial charge in [0, 0.05) is 18.2 Å². The smallest absolute Gasteiger partial charge is 0.186 e. The first-order chi connectivity index (χ1) is 9.12. The number of thiocarbonyl (C=S) groups is 1. The van der Waals surface area contributed by atoms with E-state index in [0.717, 1.165) is 6.54 Å². The molecule has 1 aromatic carbocycles. The topological polar surface area (TPSA) is 54.9 Å². The number of benzene rings is 1. The molecule has 1 aromatic rings. The average molecular weight is 302 g/mol. The van der Waals surface area contributed by atoms with Gasteiger partial charge < -0.3 is 14.8 Å². The van der Waals surface area contributed by atoms with Crippen molar-refractivity contribution in [3.8, 4) is 11.5 Å². The van der Waals surface area contributed by atoms with Crippen LogP contribution in [0.4, 0.5) is 0 Å². The fourth-order valence-electron chi connectivity index (χ4n) is 1.33. The molecule has 0 saturated carbocycles. The number of halogens is 1. The maximum atomic E-state index is 6.11. The van der Waals surface area contributed by atoms with Crippen LogP contribution in [0.25, 0.3) is 0 Å². The van der Waals surface area contributed by atoms with Gasteiger partial charge in [0.25, 0.3) is 0 Å². The Balaban J connectivity index is 2.83. The second-order valence-corrected chi connectivity index (χ2v) is 4.27. The molecule has 0 fully saturated rings. The molecule has 0 aliphatic heterocycles. The molecule has 104 valence electrons. The summed E-state index contributed by atoms with van der Waals surface area (Å²) >= 11 is 11.1. The van der Waals surface area contributed by atoms with Crippen molar-refractivity contribution in [1.29, 1.82) is 0 Å². The number of rotatable bonds is 5. The zero-order valence-corrected chi connectivity index (χ0v) is 12.6. The third-order valence-corrected chi connectivity index (χ3v) is 2.77. The standard InChI is InChI=1S/C12H16ClN3O2S/c1-4-14-12(19)16-15-7-8-5-10(17-2)11(18-3)6-9(8)13/h5-7H,4H2,1-3H3,(H2,14,16,19). The van der Waals surface area contributed by atoms with E-state index >= 15 is 0 Å². The number of hydrazone groups is 1. The molecule has 1 rings (SSSR count). The van der Waals surface area contributed by atoms with Crippen molar-refractivity contribution in [2.45, 2.75) is 6.92 Å². The van der Waals surface area contributed by atoms with Crippen LogP contribution in [0.3, 0.4) is 0 Å². The van der Waals surface area contributed by atoms with Gasteiger partial charge in [-0.05, 0) is 25.2 Å². The molecule has 0 amide bonds. The van der Waals surface area contributed by atoms with Crippen molar-refractivity contribution in [3.05, 3.63) is 22.7 Å². The van der Waals surface area contributed by atoms with Gasteiger partial charge in [-0.25, -0.2) is 0 Å². The predicted octanol–water partition coefficient (Wildman–Crippen LogP) is 2.18. The fraction of sp³-hybridized carbons (Fsp3) is 0.333. The van der Waals surface area contributed by atoms with Gasteiger partial charge in [0.2, 0.25) is 0 Å². The van der Waals surface area contributed by atoms with Gasteiger partial charge in [0.1, 0.15) is 0 Å². The van der Waals surface area contributed by atoms with Crippen LogP contribution in [0.15, 0.2) is 17.2 Å². The Morgan fingerprint density at radius 2 is 2.00 bits per heavy atom. The zero-order chi connectivity index (χ0) is 14.3. The average Bonchev–Trinajstić information content (AvgIpc) is 2.40. The van der Waals surface area contributed by atoms with Crippen molar-refractivity contribution in [3.63, 3.8) is 0 Å². The van der Waals surface area contributed by atoms with Crippen LogP contribution < -0.4 is 20.2 Å². The summed E-state index contributed by atoms with van der Waals surface area (Å²) in [4.78, 5) is 0. The molecular formula is C12H16ClN3O2S. The van der Waals surface area contributed by atoms with Gasteiger partial charge in [-0.1, -0.05) is 11.6 Å². The number of nitrogens with zero attached hydrogens (tertiary/aromatic N) is 1. The lowest BCUT2D eigenvalue weighted by atomic mass is 10.2. The molecule has 0 aliphatic carbocycles. The van der Waals surface area contributed by atoms with Gasteiger partial charge in [-0.3, -0.25) is 5.43 Å². The number of methoxy groups -OCH3 is 2. The molecule has 0 unspecified atom stereocenters. The molecule has 0 spiro atoms. The Hall–Kier alpha value is -1.53.